The Hall–Kier alpha value is -0.810. The van der Waals surface area contributed by atoms with Crippen LogP contribution in [0.15, 0.2) is 0 Å². The number of urea groups is 1. The molecule has 0 saturated carbocycles. The zero-order chi connectivity index (χ0) is 10.4. The fraction of sp³-hybridized carbons (Fsp3) is 0.889. The average molecular weight is 201 g/mol. The molecule has 0 aliphatic carbocycles. The van der Waals surface area contributed by atoms with Gasteiger partial charge in [0.25, 0.3) is 0 Å². The summed E-state index contributed by atoms with van der Waals surface area (Å²) in [5.41, 5.74) is 0. The van der Waals surface area contributed by atoms with Gasteiger partial charge in [-0.05, 0) is 6.92 Å². The number of carbonyl (C=O) groups excluding carboxylic acids is 1. The predicted molar refractivity (Wildman–Crippen MR) is 54.2 cm³/mol. The van der Waals surface area contributed by atoms with Crippen LogP contribution in [0.2, 0.25) is 0 Å². The number of rotatable bonds is 3. The summed E-state index contributed by atoms with van der Waals surface area (Å²) in [6, 6.07) is 0.0242. The van der Waals surface area contributed by atoms with Crippen LogP contribution in [0, 0.1) is 0 Å². The molecule has 0 aromatic heterocycles. The van der Waals surface area contributed by atoms with Gasteiger partial charge in [-0.25, -0.2) is 4.79 Å². The van der Waals surface area contributed by atoms with Crippen molar-refractivity contribution in [2.45, 2.75) is 6.92 Å². The average Bonchev–Trinajstić information content (AvgIpc) is 2.20. The first-order chi connectivity index (χ1) is 6.77. The van der Waals surface area contributed by atoms with E-state index in [0.717, 1.165) is 26.2 Å². The molecule has 1 aliphatic heterocycles. The van der Waals surface area contributed by atoms with Crippen LogP contribution in [-0.4, -0.2) is 66.8 Å². The molecule has 1 heterocycles. The molecule has 0 spiro atoms. The van der Waals surface area contributed by atoms with Gasteiger partial charge in [0.15, 0.2) is 0 Å². The summed E-state index contributed by atoms with van der Waals surface area (Å²) in [6.45, 7) is 6.73. The second-order valence-corrected chi connectivity index (χ2v) is 3.39. The highest BCUT2D eigenvalue weighted by Gasteiger charge is 2.19. The Morgan fingerprint density at radius 2 is 2.00 bits per heavy atom. The van der Waals surface area contributed by atoms with Crippen LogP contribution in [0.25, 0.3) is 0 Å². The third kappa shape index (κ3) is 3.16. The van der Waals surface area contributed by atoms with Gasteiger partial charge in [-0.3, -0.25) is 4.90 Å². The second kappa shape index (κ2) is 5.82. The molecule has 0 atom stereocenters. The molecule has 0 bridgehead atoms. The summed E-state index contributed by atoms with van der Waals surface area (Å²) in [7, 11) is 0. The number of piperazine rings is 1. The maximum atomic E-state index is 11.4. The smallest absolute Gasteiger partial charge is 0.317 e. The molecule has 2 N–H and O–H groups in total. The standard InChI is InChI=1S/C9H19N3O2/c1-2-10-9(14)12-5-3-11(4-6-12)7-8-13/h13H,2-8H2,1H3,(H,10,14). The van der Waals surface area contributed by atoms with E-state index in [-0.39, 0.29) is 12.6 Å². The molecule has 5 nitrogen and oxygen atoms in total. The van der Waals surface area contributed by atoms with E-state index < -0.39 is 0 Å². The molecule has 0 unspecified atom stereocenters. The first-order valence-electron chi connectivity index (χ1n) is 5.14. The summed E-state index contributed by atoms with van der Waals surface area (Å²) in [5, 5.41) is 11.5. The molecule has 0 aromatic rings. The lowest BCUT2D eigenvalue weighted by molar-refractivity contribution is 0.122. The highest BCUT2D eigenvalue weighted by atomic mass is 16.3. The molecule has 1 fully saturated rings. The number of aliphatic hydroxyl groups excluding tert-OH is 1. The fourth-order valence-corrected chi connectivity index (χ4v) is 1.58. The van der Waals surface area contributed by atoms with E-state index >= 15 is 0 Å². The van der Waals surface area contributed by atoms with Crippen molar-refractivity contribution in [3.8, 4) is 0 Å². The van der Waals surface area contributed by atoms with Crippen LogP contribution in [-0.2, 0) is 0 Å². The predicted octanol–water partition coefficient (Wildman–Crippen LogP) is -0.674. The van der Waals surface area contributed by atoms with Crippen molar-refractivity contribution in [3.05, 3.63) is 0 Å². The van der Waals surface area contributed by atoms with Gasteiger partial charge >= 0.3 is 6.03 Å². The molecule has 1 rings (SSSR count). The zero-order valence-corrected chi connectivity index (χ0v) is 8.70. The lowest BCUT2D eigenvalue weighted by Crippen LogP contribution is -2.52. The molecule has 1 aliphatic rings. The van der Waals surface area contributed by atoms with Crippen LogP contribution in [0.3, 0.4) is 0 Å². The number of nitrogens with zero attached hydrogens (tertiary/aromatic N) is 2. The van der Waals surface area contributed by atoms with Gasteiger partial charge < -0.3 is 15.3 Å². The molecule has 1 saturated heterocycles. The number of nitrogens with one attached hydrogen (secondary N) is 1. The van der Waals surface area contributed by atoms with Crippen LogP contribution >= 0.6 is 0 Å². The monoisotopic (exact) mass is 201 g/mol. The summed E-state index contributed by atoms with van der Waals surface area (Å²) in [6.07, 6.45) is 0. The summed E-state index contributed by atoms with van der Waals surface area (Å²) >= 11 is 0. The normalized spacial score (nSPS) is 18.3. The molecule has 2 amide bonds. The first kappa shape index (κ1) is 11.3. The van der Waals surface area contributed by atoms with E-state index in [4.69, 9.17) is 5.11 Å². The van der Waals surface area contributed by atoms with Crippen molar-refractivity contribution in [2.75, 3.05) is 45.9 Å². The van der Waals surface area contributed by atoms with Gasteiger partial charge in [0.2, 0.25) is 0 Å². The van der Waals surface area contributed by atoms with E-state index in [2.05, 4.69) is 10.2 Å². The van der Waals surface area contributed by atoms with Crippen molar-refractivity contribution in [3.63, 3.8) is 0 Å². The van der Waals surface area contributed by atoms with Gasteiger partial charge in [0, 0.05) is 39.3 Å². The summed E-state index contributed by atoms with van der Waals surface area (Å²) in [5.74, 6) is 0. The third-order valence-electron chi connectivity index (χ3n) is 2.40. The van der Waals surface area contributed by atoms with Crippen LogP contribution < -0.4 is 5.32 Å². The van der Waals surface area contributed by atoms with Crippen LogP contribution in [0.1, 0.15) is 6.92 Å². The molecule has 5 heteroatoms. The van der Waals surface area contributed by atoms with E-state index in [0.29, 0.717) is 13.1 Å². The highest BCUT2D eigenvalue weighted by Crippen LogP contribution is 2.00. The van der Waals surface area contributed by atoms with Crippen molar-refractivity contribution in [1.82, 2.24) is 15.1 Å². The lowest BCUT2D eigenvalue weighted by Gasteiger charge is -2.34. The van der Waals surface area contributed by atoms with Gasteiger partial charge in [0.1, 0.15) is 0 Å². The minimum absolute atomic E-state index is 0.0242. The maximum Gasteiger partial charge on any atom is 0.317 e. The minimum Gasteiger partial charge on any atom is -0.395 e. The van der Waals surface area contributed by atoms with Gasteiger partial charge in [-0.15, -0.1) is 0 Å². The number of β-amino-alcohol motifs (C(OH)–C–C–N with tert-alkyl or cyclic N) is 1. The number of carbonyl (C=O) groups is 1. The van der Waals surface area contributed by atoms with E-state index in [1.807, 2.05) is 11.8 Å². The Labute approximate surface area is 84.7 Å². The minimum atomic E-state index is 0.0242. The maximum absolute atomic E-state index is 11.4. The molecule has 82 valence electrons. The molecular weight excluding hydrogens is 182 g/mol. The van der Waals surface area contributed by atoms with Crippen molar-refractivity contribution < 1.29 is 9.90 Å². The van der Waals surface area contributed by atoms with Crippen molar-refractivity contribution >= 4 is 6.03 Å². The third-order valence-corrected chi connectivity index (χ3v) is 2.40. The lowest BCUT2D eigenvalue weighted by atomic mass is 10.3. The summed E-state index contributed by atoms with van der Waals surface area (Å²) in [4.78, 5) is 15.4. The van der Waals surface area contributed by atoms with Crippen molar-refractivity contribution in [1.29, 1.82) is 0 Å². The van der Waals surface area contributed by atoms with Crippen LogP contribution in [0.4, 0.5) is 4.79 Å². The number of amides is 2. The molecule has 0 radical (unpaired) electrons. The van der Waals surface area contributed by atoms with Crippen molar-refractivity contribution in [2.24, 2.45) is 0 Å². The largest absolute Gasteiger partial charge is 0.395 e. The van der Waals surface area contributed by atoms with Gasteiger partial charge in [-0.2, -0.15) is 0 Å². The van der Waals surface area contributed by atoms with E-state index in [9.17, 15) is 4.79 Å². The first-order valence-corrected chi connectivity index (χ1v) is 5.14. The Morgan fingerprint density at radius 1 is 1.36 bits per heavy atom. The Kier molecular flexibility index (Phi) is 4.69. The number of aliphatic hydroxyl groups is 1. The Morgan fingerprint density at radius 3 is 2.50 bits per heavy atom. The number of hydrogen-bond donors (Lipinski definition) is 2. The number of hydrogen-bond acceptors (Lipinski definition) is 3. The van der Waals surface area contributed by atoms with E-state index in [1.54, 1.807) is 0 Å². The highest BCUT2D eigenvalue weighted by molar-refractivity contribution is 5.74. The molecule has 0 aromatic carbocycles. The van der Waals surface area contributed by atoms with Gasteiger partial charge in [0.05, 0.1) is 6.61 Å². The van der Waals surface area contributed by atoms with Crippen LogP contribution in [0.5, 0.6) is 0 Å². The Balaban J connectivity index is 2.24. The van der Waals surface area contributed by atoms with E-state index in [1.165, 1.54) is 0 Å². The SMILES string of the molecule is CCNC(=O)N1CCN(CCO)CC1. The molecular formula is C9H19N3O2. The summed E-state index contributed by atoms with van der Waals surface area (Å²) < 4.78 is 0. The molecule has 14 heavy (non-hydrogen) atoms. The second-order valence-electron chi connectivity index (χ2n) is 3.39. The van der Waals surface area contributed by atoms with Gasteiger partial charge in [-0.1, -0.05) is 0 Å². The topological polar surface area (TPSA) is 55.8 Å². The zero-order valence-electron chi connectivity index (χ0n) is 8.70. The quantitative estimate of drug-likeness (QED) is 0.636. The fourth-order valence-electron chi connectivity index (χ4n) is 1.58. The Bertz CT molecular complexity index is 179.